The smallest absolute Gasteiger partial charge is 0.267 e. The number of sulfonamides is 1. The van der Waals surface area contributed by atoms with Gasteiger partial charge in [-0.05, 0) is 32.4 Å². The van der Waals surface area contributed by atoms with Crippen molar-refractivity contribution in [2.45, 2.75) is 44.2 Å². The monoisotopic (exact) mass is 454 g/mol. The molecule has 0 spiro atoms. The summed E-state index contributed by atoms with van der Waals surface area (Å²) in [4.78, 5) is 29.3. The van der Waals surface area contributed by atoms with Crippen LogP contribution in [0.5, 0.6) is 0 Å². The van der Waals surface area contributed by atoms with E-state index in [4.69, 9.17) is 4.52 Å². The first-order valence-corrected chi connectivity index (χ1v) is 11.5. The maximum atomic E-state index is 13.0. The second kappa shape index (κ2) is 8.54. The fraction of sp³-hybridized carbons (Fsp3) is 0.273. The van der Waals surface area contributed by atoms with Crippen molar-refractivity contribution in [3.05, 3.63) is 65.5 Å². The van der Waals surface area contributed by atoms with Gasteiger partial charge in [0.05, 0.1) is 11.4 Å². The molecule has 1 atom stereocenters. The molecule has 32 heavy (non-hydrogen) atoms. The molecule has 9 nitrogen and oxygen atoms in total. The van der Waals surface area contributed by atoms with Crippen LogP contribution in [0.4, 0.5) is 0 Å². The van der Waals surface area contributed by atoms with Gasteiger partial charge in [-0.3, -0.25) is 9.59 Å². The molecule has 1 aliphatic heterocycles. The first-order chi connectivity index (χ1) is 15.3. The lowest BCUT2D eigenvalue weighted by Gasteiger charge is -2.23. The van der Waals surface area contributed by atoms with Crippen LogP contribution in [0.15, 0.2) is 57.9 Å². The lowest BCUT2D eigenvalue weighted by molar-refractivity contribution is -0.130. The van der Waals surface area contributed by atoms with E-state index in [9.17, 15) is 18.0 Å². The van der Waals surface area contributed by atoms with Crippen LogP contribution in [0.3, 0.4) is 0 Å². The first-order valence-electron chi connectivity index (χ1n) is 10.1. The number of benzene rings is 2. The van der Waals surface area contributed by atoms with E-state index in [0.717, 1.165) is 16.7 Å². The summed E-state index contributed by atoms with van der Waals surface area (Å²) >= 11 is 0. The number of aromatic nitrogens is 2. The van der Waals surface area contributed by atoms with E-state index >= 15 is 0 Å². The molecule has 4 rings (SSSR count). The molecule has 10 heteroatoms. The van der Waals surface area contributed by atoms with Crippen LogP contribution in [0.2, 0.25) is 0 Å². The third-order valence-corrected chi connectivity index (χ3v) is 7.08. The van der Waals surface area contributed by atoms with Crippen molar-refractivity contribution in [1.82, 2.24) is 19.8 Å². The zero-order valence-corrected chi connectivity index (χ0v) is 18.4. The molecule has 166 valence electrons. The zero-order valence-electron chi connectivity index (χ0n) is 17.6. The second-order valence-electron chi connectivity index (χ2n) is 7.66. The van der Waals surface area contributed by atoms with Gasteiger partial charge in [-0.2, -0.15) is 4.98 Å². The summed E-state index contributed by atoms with van der Waals surface area (Å²) in [7, 11) is -4.15. The van der Waals surface area contributed by atoms with E-state index < -0.39 is 27.9 Å². The summed E-state index contributed by atoms with van der Waals surface area (Å²) < 4.78 is 31.9. The lowest BCUT2D eigenvalue weighted by atomic mass is 10.1. The Morgan fingerprint density at radius 3 is 2.38 bits per heavy atom. The van der Waals surface area contributed by atoms with Crippen molar-refractivity contribution in [3.8, 4) is 11.4 Å². The van der Waals surface area contributed by atoms with Crippen molar-refractivity contribution >= 4 is 21.8 Å². The SMILES string of the molecule is Cc1ccc(-c2noc(CNC(=O)[C@@H]3CCC(=O)N3S(=O)(=O)c3ccc(C)cc3)n2)cc1. The largest absolute Gasteiger partial charge is 0.345 e. The highest BCUT2D eigenvalue weighted by atomic mass is 32.2. The quantitative estimate of drug-likeness (QED) is 0.606. The maximum absolute atomic E-state index is 13.0. The molecular weight excluding hydrogens is 432 g/mol. The van der Waals surface area contributed by atoms with E-state index in [-0.39, 0.29) is 30.2 Å². The van der Waals surface area contributed by atoms with Gasteiger partial charge in [0.2, 0.25) is 23.5 Å². The fourth-order valence-electron chi connectivity index (χ4n) is 3.45. The van der Waals surface area contributed by atoms with Crippen LogP contribution in [0.25, 0.3) is 11.4 Å². The molecule has 0 radical (unpaired) electrons. The van der Waals surface area contributed by atoms with E-state index in [1.54, 1.807) is 12.1 Å². The topological polar surface area (TPSA) is 122 Å². The Bertz CT molecular complexity index is 1250. The Hall–Kier alpha value is -3.53. The number of aryl methyl sites for hydroxylation is 2. The summed E-state index contributed by atoms with van der Waals surface area (Å²) in [5.41, 5.74) is 2.75. The van der Waals surface area contributed by atoms with Crippen LogP contribution in [0, 0.1) is 13.8 Å². The highest BCUT2D eigenvalue weighted by Crippen LogP contribution is 2.27. The number of nitrogens with one attached hydrogen (secondary N) is 1. The Balaban J connectivity index is 1.46. The third-order valence-electron chi connectivity index (χ3n) is 5.23. The van der Waals surface area contributed by atoms with Gasteiger partial charge in [-0.1, -0.05) is 52.7 Å². The highest BCUT2D eigenvalue weighted by Gasteiger charge is 2.44. The highest BCUT2D eigenvalue weighted by molar-refractivity contribution is 7.89. The van der Waals surface area contributed by atoms with E-state index in [0.29, 0.717) is 10.1 Å². The molecule has 0 aliphatic carbocycles. The first kappa shape index (κ1) is 21.7. The molecule has 1 N–H and O–H groups in total. The number of carbonyl (C=O) groups is 2. The average molecular weight is 455 g/mol. The van der Waals surface area contributed by atoms with Crippen LogP contribution >= 0.6 is 0 Å². The molecule has 2 amide bonds. The average Bonchev–Trinajstić information content (AvgIpc) is 3.40. The van der Waals surface area contributed by atoms with Crippen LogP contribution in [-0.4, -0.2) is 40.7 Å². The molecule has 0 unspecified atom stereocenters. The van der Waals surface area contributed by atoms with Crippen molar-refractivity contribution < 1.29 is 22.5 Å². The summed E-state index contributed by atoms with van der Waals surface area (Å²) in [6.07, 6.45) is 0.0789. The van der Waals surface area contributed by atoms with Crippen molar-refractivity contribution in [3.63, 3.8) is 0 Å². The third kappa shape index (κ3) is 4.26. The number of rotatable bonds is 6. The van der Waals surface area contributed by atoms with Gasteiger partial charge in [-0.25, -0.2) is 12.7 Å². The molecule has 3 aromatic rings. The zero-order chi connectivity index (χ0) is 22.9. The van der Waals surface area contributed by atoms with Crippen molar-refractivity contribution in [2.75, 3.05) is 0 Å². The summed E-state index contributed by atoms with van der Waals surface area (Å²) in [5, 5.41) is 6.51. The number of amides is 2. The van der Waals surface area contributed by atoms with Gasteiger partial charge in [0.15, 0.2) is 0 Å². The van der Waals surface area contributed by atoms with Crippen molar-refractivity contribution in [2.24, 2.45) is 0 Å². The van der Waals surface area contributed by atoms with Gasteiger partial charge in [0, 0.05) is 12.0 Å². The molecule has 1 aliphatic rings. The van der Waals surface area contributed by atoms with E-state index in [1.807, 2.05) is 38.1 Å². The van der Waals surface area contributed by atoms with E-state index in [2.05, 4.69) is 15.5 Å². The summed E-state index contributed by atoms with van der Waals surface area (Å²) in [6, 6.07) is 12.6. The molecule has 0 bridgehead atoms. The Morgan fingerprint density at radius 1 is 1.09 bits per heavy atom. The van der Waals surface area contributed by atoms with Gasteiger partial charge in [-0.15, -0.1) is 0 Å². The number of nitrogens with zero attached hydrogens (tertiary/aromatic N) is 3. The normalized spacial score (nSPS) is 16.4. The second-order valence-corrected chi connectivity index (χ2v) is 9.47. The number of carbonyl (C=O) groups excluding carboxylic acids is 2. The molecule has 1 fully saturated rings. The van der Waals surface area contributed by atoms with Gasteiger partial charge >= 0.3 is 0 Å². The summed E-state index contributed by atoms with van der Waals surface area (Å²) in [5.74, 6) is -0.646. The molecule has 2 aromatic carbocycles. The van der Waals surface area contributed by atoms with Gasteiger partial charge in [0.25, 0.3) is 10.0 Å². The van der Waals surface area contributed by atoms with Crippen LogP contribution < -0.4 is 5.32 Å². The Kier molecular flexibility index (Phi) is 5.79. The number of hydrogen-bond donors (Lipinski definition) is 1. The standard InChI is InChI=1S/C22H22N4O5S/c1-14-3-7-16(8-4-14)21-24-19(31-25-21)13-23-22(28)18-11-12-20(27)26(18)32(29,30)17-9-5-15(2)6-10-17/h3-10,18H,11-13H2,1-2H3,(H,23,28)/t18-/m0/s1. The molecule has 1 saturated heterocycles. The minimum atomic E-state index is -4.15. The molecule has 1 aromatic heterocycles. The van der Waals surface area contributed by atoms with E-state index in [1.165, 1.54) is 12.1 Å². The van der Waals surface area contributed by atoms with Crippen LogP contribution in [0.1, 0.15) is 29.9 Å². The maximum Gasteiger partial charge on any atom is 0.267 e. The fourth-order valence-corrected chi connectivity index (χ4v) is 5.05. The summed E-state index contributed by atoms with van der Waals surface area (Å²) in [6.45, 7) is 3.72. The predicted octanol–water partition coefficient (Wildman–Crippen LogP) is 2.35. The number of hydrogen-bond acceptors (Lipinski definition) is 7. The molecule has 0 saturated carbocycles. The van der Waals surface area contributed by atoms with Crippen molar-refractivity contribution in [1.29, 1.82) is 0 Å². The lowest BCUT2D eigenvalue weighted by Crippen LogP contribution is -2.47. The van der Waals surface area contributed by atoms with Crippen LogP contribution in [-0.2, 0) is 26.2 Å². The Morgan fingerprint density at radius 2 is 1.72 bits per heavy atom. The Labute approximate surface area is 185 Å². The molecule has 2 heterocycles. The minimum Gasteiger partial charge on any atom is -0.345 e. The predicted molar refractivity (Wildman–Crippen MR) is 115 cm³/mol. The minimum absolute atomic E-state index is 0.0265. The van der Waals surface area contributed by atoms with Gasteiger partial charge in [0.1, 0.15) is 6.04 Å². The molecular formula is C22H22N4O5S. The van der Waals surface area contributed by atoms with Gasteiger partial charge < -0.3 is 9.84 Å².